The first kappa shape index (κ1) is 39.7. The first-order valence-corrected chi connectivity index (χ1v) is 15.3. The van der Waals surface area contributed by atoms with Crippen molar-refractivity contribution in [2.75, 3.05) is 49.0 Å². The number of nitrogens with one attached hydrogen (secondary N) is 1. The topological polar surface area (TPSA) is 131 Å². The zero-order chi connectivity index (χ0) is 36.9. The second-order valence-corrected chi connectivity index (χ2v) is 11.0. The second kappa shape index (κ2) is 18.8. The molecule has 0 unspecified atom stereocenters. The van der Waals surface area contributed by atoms with Gasteiger partial charge in [-0.1, -0.05) is 43.3 Å². The number of nitrogens with zero attached hydrogens (tertiary/aromatic N) is 10. The van der Waals surface area contributed by atoms with Gasteiger partial charge in [-0.15, -0.1) is 0 Å². The first-order valence-electron chi connectivity index (χ1n) is 15.0. The van der Waals surface area contributed by atoms with E-state index in [4.69, 9.17) is 30.5 Å². The van der Waals surface area contributed by atoms with E-state index >= 15 is 0 Å². The molecule has 4 aromatic heterocycles. The molecule has 3 N–H and O–H groups in total. The molecule has 0 atom stereocenters. The van der Waals surface area contributed by atoms with Crippen LogP contribution in [0.1, 0.15) is 7.43 Å². The highest BCUT2D eigenvalue weighted by molar-refractivity contribution is 6.32. The molecule has 0 saturated heterocycles. The van der Waals surface area contributed by atoms with E-state index in [1.807, 2.05) is 0 Å². The van der Waals surface area contributed by atoms with Crippen LogP contribution in [0.2, 0.25) is 5.15 Å². The average Bonchev–Trinajstić information content (AvgIpc) is 3.12. The number of hydrogen-bond acceptors (Lipinski definition) is 10. The van der Waals surface area contributed by atoms with Gasteiger partial charge in [-0.25, -0.2) is 38.4 Å². The van der Waals surface area contributed by atoms with Crippen molar-refractivity contribution < 1.29 is 8.78 Å². The number of aromatic nitrogens is 6. The molecular formula is C37H35ClF2N12. The Morgan fingerprint density at radius 3 is 1.52 bits per heavy atom. The van der Waals surface area contributed by atoms with E-state index in [-0.39, 0.29) is 46.7 Å². The van der Waals surface area contributed by atoms with Crippen LogP contribution in [0.15, 0.2) is 97.6 Å². The molecular weight excluding hydrogens is 686 g/mol. The Hall–Kier alpha value is -6.77. The van der Waals surface area contributed by atoms with Crippen molar-refractivity contribution in [3.8, 4) is 22.8 Å². The number of halogens is 3. The fourth-order valence-corrected chi connectivity index (χ4v) is 4.44. The zero-order valence-electron chi connectivity index (χ0n) is 27.9. The molecule has 15 heteroatoms. The first-order chi connectivity index (χ1) is 24.5. The van der Waals surface area contributed by atoms with Gasteiger partial charge in [0.05, 0.1) is 24.3 Å². The number of nitrogens with two attached hydrogens (primary N) is 1. The molecule has 0 fully saturated rings. The van der Waals surface area contributed by atoms with Gasteiger partial charge in [0, 0.05) is 64.4 Å². The van der Waals surface area contributed by atoms with Crippen LogP contribution in [0, 0.1) is 24.8 Å². The lowest BCUT2D eigenvalue weighted by Gasteiger charge is -2.18. The largest absolute Gasteiger partial charge is 0.399 e. The van der Waals surface area contributed by atoms with Gasteiger partial charge in [0.1, 0.15) is 34.2 Å². The highest BCUT2D eigenvalue weighted by atomic mass is 35.5. The lowest BCUT2D eigenvalue weighted by atomic mass is 10.2. The van der Waals surface area contributed by atoms with Crippen LogP contribution in [-0.4, -0.2) is 58.1 Å². The molecule has 264 valence electrons. The van der Waals surface area contributed by atoms with Crippen LogP contribution < -0.4 is 20.9 Å². The Balaban J connectivity index is 0.000000238. The van der Waals surface area contributed by atoms with Crippen LogP contribution in [0.5, 0.6) is 0 Å². The van der Waals surface area contributed by atoms with Gasteiger partial charge in [0.2, 0.25) is 0 Å². The standard InChI is InChI=1S/C18H15FN6.C13H10ClFN4.C5H6N2.CH4/c1-20-15-17(22-12-8-10-21-11-9-12)23-16(24-18(15)25(2)3)13-6-4-5-7-14(13)19;1-16-10-11(14)17-12(18-13(10)19(2)3)8-6-4-5-7-9(8)15;6-5-1-3-7-4-2-5;/h4-11H,2-3H3,(H,21,22,23,24);4-7H,2-3H3;1-4H,(H2,6,7);1H4. The summed E-state index contributed by atoms with van der Waals surface area (Å²) < 4.78 is 27.9. The summed E-state index contributed by atoms with van der Waals surface area (Å²) in [4.78, 5) is 34.9. The van der Waals surface area contributed by atoms with Gasteiger partial charge in [-0.2, -0.15) is 0 Å². The maximum Gasteiger partial charge on any atom is 0.269 e. The van der Waals surface area contributed by atoms with Crippen LogP contribution in [0.4, 0.5) is 49.0 Å². The Morgan fingerprint density at radius 2 is 1.10 bits per heavy atom. The number of hydrogen-bond donors (Lipinski definition) is 2. The molecule has 12 nitrogen and oxygen atoms in total. The Kier molecular flexibility index (Phi) is 14.4. The van der Waals surface area contributed by atoms with E-state index in [9.17, 15) is 8.78 Å². The normalized spacial score (nSPS) is 9.71. The molecule has 0 aliphatic carbocycles. The van der Waals surface area contributed by atoms with Crippen molar-refractivity contribution in [2.45, 2.75) is 7.43 Å². The van der Waals surface area contributed by atoms with Crippen LogP contribution >= 0.6 is 11.6 Å². The third kappa shape index (κ3) is 10.1. The molecule has 0 bridgehead atoms. The number of benzene rings is 2. The highest BCUT2D eigenvalue weighted by Crippen LogP contribution is 2.37. The van der Waals surface area contributed by atoms with Gasteiger partial charge < -0.3 is 20.9 Å². The van der Waals surface area contributed by atoms with E-state index < -0.39 is 11.6 Å². The number of anilines is 5. The minimum atomic E-state index is -0.432. The van der Waals surface area contributed by atoms with Gasteiger partial charge in [-0.05, 0) is 48.5 Å². The fourth-order valence-electron chi connectivity index (χ4n) is 4.23. The molecule has 0 aliphatic rings. The quantitative estimate of drug-likeness (QED) is 0.127. The minimum absolute atomic E-state index is 0. The molecule has 0 spiro atoms. The van der Waals surface area contributed by atoms with Crippen molar-refractivity contribution in [3.05, 3.63) is 137 Å². The maximum absolute atomic E-state index is 14.2. The number of pyridine rings is 2. The van der Waals surface area contributed by atoms with Gasteiger partial charge in [0.15, 0.2) is 11.6 Å². The van der Waals surface area contributed by atoms with E-state index in [2.05, 4.69) is 44.9 Å². The molecule has 0 aliphatic heterocycles. The SMILES string of the molecule is C.Nc1ccncc1.[C-]#[N+]c1c(Cl)nc(-c2ccccc2F)nc1N(C)C.[C-]#[N+]c1c(Nc2ccncc2)nc(-c2ccccc2F)nc1N(C)C. The molecule has 4 heterocycles. The summed E-state index contributed by atoms with van der Waals surface area (Å²) in [5.74, 6) is 0.632. The summed E-state index contributed by atoms with van der Waals surface area (Å²) in [6.45, 7) is 14.6. The monoisotopic (exact) mass is 720 g/mol. The predicted molar refractivity (Wildman–Crippen MR) is 204 cm³/mol. The highest BCUT2D eigenvalue weighted by Gasteiger charge is 2.20. The molecule has 6 rings (SSSR count). The van der Waals surface area contributed by atoms with E-state index in [0.29, 0.717) is 17.5 Å². The number of nitrogen functional groups attached to an aromatic ring is 1. The molecule has 52 heavy (non-hydrogen) atoms. The van der Waals surface area contributed by atoms with Crippen molar-refractivity contribution in [2.24, 2.45) is 0 Å². The van der Waals surface area contributed by atoms with Crippen LogP contribution in [0.25, 0.3) is 32.5 Å². The van der Waals surface area contributed by atoms with Gasteiger partial charge in [0.25, 0.3) is 11.4 Å². The summed E-state index contributed by atoms with van der Waals surface area (Å²) in [5, 5.41) is 3.11. The summed E-state index contributed by atoms with van der Waals surface area (Å²) >= 11 is 5.97. The molecule has 0 saturated carbocycles. The average molecular weight is 721 g/mol. The van der Waals surface area contributed by atoms with Gasteiger partial charge >= 0.3 is 0 Å². The molecule has 6 aromatic rings. The molecule has 2 aromatic carbocycles. The predicted octanol–water partition coefficient (Wildman–Crippen LogP) is 8.89. The summed E-state index contributed by atoms with van der Waals surface area (Å²) in [6, 6.07) is 19.5. The van der Waals surface area contributed by atoms with E-state index in [1.54, 1.807) is 123 Å². The lowest BCUT2D eigenvalue weighted by molar-refractivity contribution is 0.629. The van der Waals surface area contributed by atoms with Crippen molar-refractivity contribution in [1.82, 2.24) is 29.9 Å². The summed E-state index contributed by atoms with van der Waals surface area (Å²) in [5.41, 5.74) is 7.76. The van der Waals surface area contributed by atoms with Crippen molar-refractivity contribution in [3.63, 3.8) is 0 Å². The lowest BCUT2D eigenvalue weighted by Crippen LogP contribution is -2.13. The van der Waals surface area contributed by atoms with Crippen LogP contribution in [-0.2, 0) is 0 Å². The van der Waals surface area contributed by atoms with E-state index in [0.717, 1.165) is 11.4 Å². The fraction of sp³-hybridized carbons (Fsp3) is 0.135. The number of rotatable bonds is 6. The third-order valence-electron chi connectivity index (χ3n) is 6.64. The molecule has 0 amide bonds. The van der Waals surface area contributed by atoms with Crippen molar-refractivity contribution in [1.29, 1.82) is 0 Å². The Bertz CT molecular complexity index is 2170. The third-order valence-corrected chi connectivity index (χ3v) is 6.90. The Morgan fingerprint density at radius 1 is 0.654 bits per heavy atom. The van der Waals surface area contributed by atoms with Crippen molar-refractivity contribution >= 4 is 51.8 Å². The zero-order valence-corrected chi connectivity index (χ0v) is 28.7. The van der Waals surface area contributed by atoms with E-state index in [1.165, 1.54) is 12.1 Å². The molecule has 0 radical (unpaired) electrons. The maximum atomic E-state index is 14.2. The Labute approximate surface area is 306 Å². The minimum Gasteiger partial charge on any atom is -0.399 e. The second-order valence-electron chi connectivity index (χ2n) is 10.7. The summed E-state index contributed by atoms with van der Waals surface area (Å²) in [7, 11) is 7.02. The summed E-state index contributed by atoms with van der Waals surface area (Å²) in [6.07, 6.45) is 6.59. The van der Waals surface area contributed by atoms with Gasteiger partial charge in [-0.3, -0.25) is 9.97 Å². The van der Waals surface area contributed by atoms with Crippen LogP contribution in [0.3, 0.4) is 0 Å². The smallest absolute Gasteiger partial charge is 0.269 e.